The molecule has 470 valence electrons. The number of benzene rings is 11. The van der Waals surface area contributed by atoms with Crippen LogP contribution < -0.4 is 60.5 Å². The van der Waals surface area contributed by atoms with Gasteiger partial charge in [-0.1, -0.05) is 210 Å². The molecule has 0 unspecified atom stereocenters. The van der Waals surface area contributed by atoms with Gasteiger partial charge in [-0.2, -0.15) is 0 Å². The van der Waals surface area contributed by atoms with Crippen molar-refractivity contribution in [1.82, 2.24) is 0 Å². The molecule has 0 bridgehead atoms. The summed E-state index contributed by atoms with van der Waals surface area (Å²) in [4.78, 5) is 9.89. The first-order valence-corrected chi connectivity index (χ1v) is 35.4. The maximum absolute atomic E-state index is 7.74. The van der Waals surface area contributed by atoms with Crippen LogP contribution in [-0.4, -0.2) is 13.4 Å². The van der Waals surface area contributed by atoms with Crippen molar-refractivity contribution in [2.24, 2.45) is 0 Å². The molecule has 11 aromatic carbocycles. The highest BCUT2D eigenvalue weighted by molar-refractivity contribution is 7.34. The van der Waals surface area contributed by atoms with Crippen LogP contribution in [0.4, 0.5) is 68.2 Å². The Morgan fingerprint density at radius 3 is 0.948 bits per heavy atom. The summed E-state index contributed by atoms with van der Waals surface area (Å²) in [5.74, 6) is 3.22. The maximum atomic E-state index is 7.74. The van der Waals surface area contributed by atoms with Gasteiger partial charge in [-0.25, -0.2) is 0 Å². The summed E-state index contributed by atoms with van der Waals surface area (Å²) >= 11 is 3.81. The third-order valence-electron chi connectivity index (χ3n) is 20.1. The largest absolute Gasteiger partial charge is 0.458 e. The van der Waals surface area contributed by atoms with Crippen LogP contribution in [0.1, 0.15) is 105 Å². The number of thiophene rings is 2. The van der Waals surface area contributed by atoms with Crippen LogP contribution in [0.2, 0.25) is 0 Å². The molecule has 0 saturated carbocycles. The molecule has 0 N–H and O–H groups in total. The fraction of sp³-hybridized carbons (Fsp3) is 0.186. The van der Waals surface area contributed by atoms with Gasteiger partial charge < -0.3 is 29.1 Å². The number of anilines is 12. The van der Waals surface area contributed by atoms with Gasteiger partial charge in [0.1, 0.15) is 23.0 Å². The fourth-order valence-corrected chi connectivity index (χ4v) is 17.7. The smallest absolute Gasteiger partial charge is 0.268 e. The fourth-order valence-electron chi connectivity index (χ4n) is 15.1. The van der Waals surface area contributed by atoms with E-state index < -0.39 is 0 Å². The standard InChI is InChI=1S/C86H76B2N4O2S2/c1-83(2,3)53-31-39-59(40-32-53)89(60-41-33-54(34-42-60)84(4,5)6)63-47-69-77-73(49-63)93-71-52-72-68(51-67(71)87(77)81-79(65-27-19-21-29-75(65)95-81)91(69)57-23-15-13-16-24-57)88-78-70(92(58-25-17-14-18-26-58)80-66-28-20-22-30-76(66)96-82(80)88)48-64(50-74(78)94-72)90(61-43-35-55(36-44-61)85(7,8)9)62-45-37-56(38-46-62)86(10,11)12/h13-52H,1-12H3. The minimum Gasteiger partial charge on any atom is -0.458 e. The number of hydrogen-bond donors (Lipinski definition) is 0. The number of para-hydroxylation sites is 2. The molecule has 96 heavy (non-hydrogen) atoms. The van der Waals surface area contributed by atoms with Crippen molar-refractivity contribution in [2.75, 3.05) is 19.6 Å². The Kier molecular flexibility index (Phi) is 13.7. The molecule has 0 fully saturated rings. The predicted octanol–water partition coefficient (Wildman–Crippen LogP) is 21.1. The molecule has 0 atom stereocenters. The molecule has 6 heterocycles. The van der Waals surface area contributed by atoms with E-state index in [0.717, 1.165) is 102 Å². The summed E-state index contributed by atoms with van der Waals surface area (Å²) in [6.45, 7) is 27.0. The molecule has 0 radical (unpaired) electrons. The van der Waals surface area contributed by atoms with Crippen LogP contribution in [0.25, 0.3) is 20.2 Å². The van der Waals surface area contributed by atoms with Gasteiger partial charge in [0, 0.05) is 93.4 Å². The molecule has 4 aliphatic rings. The van der Waals surface area contributed by atoms with Crippen LogP contribution >= 0.6 is 22.7 Å². The second kappa shape index (κ2) is 21.9. The molecule has 0 spiro atoms. The number of ether oxygens (including phenoxy) is 2. The van der Waals surface area contributed by atoms with Crippen LogP contribution in [0, 0.1) is 0 Å². The highest BCUT2D eigenvalue weighted by Crippen LogP contribution is 2.53. The Morgan fingerprint density at radius 1 is 0.312 bits per heavy atom. The molecule has 17 rings (SSSR count). The highest BCUT2D eigenvalue weighted by Gasteiger charge is 2.49. The van der Waals surface area contributed by atoms with E-state index in [4.69, 9.17) is 9.47 Å². The zero-order valence-corrected chi connectivity index (χ0v) is 58.3. The molecular weight excluding hydrogens is 1210 g/mol. The summed E-state index contributed by atoms with van der Waals surface area (Å²) in [6, 6.07) is 90.8. The maximum Gasteiger partial charge on any atom is 0.268 e. The second-order valence-electron chi connectivity index (χ2n) is 30.6. The summed E-state index contributed by atoms with van der Waals surface area (Å²) in [5.41, 5.74) is 22.6. The van der Waals surface area contributed by atoms with Gasteiger partial charge in [0.15, 0.2) is 0 Å². The van der Waals surface area contributed by atoms with Crippen molar-refractivity contribution in [3.63, 3.8) is 0 Å². The SMILES string of the molecule is CC(C)(C)c1ccc(N(c2ccc(C(C)(C)C)cc2)c2cc3c4c(c2)N(c2ccccc2)c2c(sc5ccccc25)B4c2cc4c(cc2O3)Oc2cc(N(c3ccc(C(C)(C)C)cc3)c3ccc(C(C)(C)C)cc3)cc3c2B4c2sc4ccccc4c2N3c2ccccc2)cc1. The van der Waals surface area contributed by atoms with Crippen molar-refractivity contribution in [1.29, 1.82) is 0 Å². The Labute approximate surface area is 573 Å². The van der Waals surface area contributed by atoms with Crippen LogP contribution in [-0.2, 0) is 21.7 Å². The first-order chi connectivity index (χ1) is 46.1. The van der Waals surface area contributed by atoms with Gasteiger partial charge in [0.05, 0.1) is 22.7 Å². The van der Waals surface area contributed by atoms with Gasteiger partial charge in [-0.05, 0) is 163 Å². The summed E-state index contributed by atoms with van der Waals surface area (Å²) in [5, 5.41) is 2.45. The predicted molar refractivity (Wildman–Crippen MR) is 413 cm³/mol. The van der Waals surface area contributed by atoms with E-state index in [2.05, 4.69) is 345 Å². The van der Waals surface area contributed by atoms with Crippen molar-refractivity contribution >= 4 is 156 Å². The molecule has 4 aliphatic heterocycles. The third kappa shape index (κ3) is 9.79. The van der Waals surface area contributed by atoms with E-state index in [1.54, 1.807) is 0 Å². The monoisotopic (exact) mass is 1280 g/mol. The van der Waals surface area contributed by atoms with Crippen molar-refractivity contribution < 1.29 is 9.47 Å². The quantitative estimate of drug-likeness (QED) is 0.141. The van der Waals surface area contributed by atoms with E-state index >= 15 is 0 Å². The molecule has 0 aliphatic carbocycles. The number of hydrogen-bond acceptors (Lipinski definition) is 8. The van der Waals surface area contributed by atoms with E-state index in [0.29, 0.717) is 0 Å². The van der Waals surface area contributed by atoms with Crippen LogP contribution in [0.3, 0.4) is 0 Å². The van der Waals surface area contributed by atoms with Crippen molar-refractivity contribution in [3.8, 4) is 23.0 Å². The molecule has 2 aromatic heterocycles. The highest BCUT2D eigenvalue weighted by atomic mass is 32.1. The van der Waals surface area contributed by atoms with E-state index in [9.17, 15) is 0 Å². The lowest BCUT2D eigenvalue weighted by Gasteiger charge is -2.42. The second-order valence-corrected chi connectivity index (χ2v) is 32.7. The zero-order valence-electron chi connectivity index (χ0n) is 56.7. The third-order valence-corrected chi connectivity index (χ3v) is 22.6. The minimum absolute atomic E-state index is 0.0193. The molecule has 10 heteroatoms. The zero-order chi connectivity index (χ0) is 65.9. The normalized spacial score (nSPS) is 13.7. The van der Waals surface area contributed by atoms with E-state index in [1.807, 2.05) is 22.7 Å². The Bertz CT molecular complexity index is 4790. The van der Waals surface area contributed by atoms with Crippen molar-refractivity contribution in [3.05, 3.63) is 265 Å². The molecule has 13 aromatic rings. The molecule has 0 amide bonds. The number of rotatable bonds is 8. The topological polar surface area (TPSA) is 31.4 Å². The number of fused-ring (bicyclic) bond motifs is 12. The summed E-state index contributed by atoms with van der Waals surface area (Å²) < 4.78 is 20.5. The minimum atomic E-state index is -0.187. The summed E-state index contributed by atoms with van der Waals surface area (Å²) in [6.07, 6.45) is 0. The number of nitrogens with zero attached hydrogens (tertiary/aromatic N) is 4. The van der Waals surface area contributed by atoms with Crippen LogP contribution in [0.5, 0.6) is 23.0 Å². The van der Waals surface area contributed by atoms with Crippen LogP contribution in [0.15, 0.2) is 243 Å². The van der Waals surface area contributed by atoms with E-state index in [-0.39, 0.29) is 35.1 Å². The first-order valence-electron chi connectivity index (χ1n) is 33.8. The first kappa shape index (κ1) is 60.0. The van der Waals surface area contributed by atoms with E-state index in [1.165, 1.54) is 63.4 Å². The molecule has 0 saturated heterocycles. The molecular formula is C86H76B2N4O2S2. The Morgan fingerprint density at radius 2 is 0.625 bits per heavy atom. The lowest BCUT2D eigenvalue weighted by molar-refractivity contribution is 0.466. The lowest BCUT2D eigenvalue weighted by atomic mass is 9.33. The van der Waals surface area contributed by atoms with Gasteiger partial charge in [0.25, 0.3) is 13.4 Å². The Hall–Kier alpha value is -9.73. The van der Waals surface area contributed by atoms with Gasteiger partial charge >= 0.3 is 0 Å². The van der Waals surface area contributed by atoms with Crippen molar-refractivity contribution in [2.45, 2.75) is 105 Å². The van der Waals surface area contributed by atoms with Gasteiger partial charge in [0.2, 0.25) is 0 Å². The summed E-state index contributed by atoms with van der Waals surface area (Å²) in [7, 11) is 0. The average Bonchev–Trinajstić information content (AvgIpc) is 1.32. The molecule has 6 nitrogen and oxygen atoms in total. The van der Waals surface area contributed by atoms with Gasteiger partial charge in [-0.15, -0.1) is 22.7 Å². The van der Waals surface area contributed by atoms with Gasteiger partial charge in [-0.3, -0.25) is 0 Å². The average molecular weight is 1280 g/mol. The Balaban J connectivity index is 0.913. The lowest BCUT2D eigenvalue weighted by Crippen LogP contribution is -2.62.